The minimum absolute atomic E-state index is 0.197. The third-order valence-electron chi connectivity index (χ3n) is 6.05. The normalized spacial score (nSPS) is 20.3. The summed E-state index contributed by atoms with van der Waals surface area (Å²) in [5, 5.41) is 6.73. The van der Waals surface area contributed by atoms with Crippen LogP contribution in [-0.2, 0) is 11.3 Å². The van der Waals surface area contributed by atoms with E-state index in [0.717, 1.165) is 44.5 Å². The van der Waals surface area contributed by atoms with E-state index < -0.39 is 0 Å². The van der Waals surface area contributed by atoms with Crippen molar-refractivity contribution in [2.24, 2.45) is 10.9 Å². The zero-order valence-corrected chi connectivity index (χ0v) is 18.6. The second kappa shape index (κ2) is 10.6. The van der Waals surface area contributed by atoms with Gasteiger partial charge in [0.25, 0.3) is 0 Å². The molecule has 0 spiro atoms. The molecular weight excluding hydrogens is 381 g/mol. The zero-order chi connectivity index (χ0) is 21.5. The Morgan fingerprint density at radius 2 is 2.00 bits per heavy atom. The van der Waals surface area contributed by atoms with Crippen LogP contribution in [0.5, 0.6) is 0 Å². The summed E-state index contributed by atoms with van der Waals surface area (Å²) in [6.07, 6.45) is 6.63. The molecule has 1 amide bonds. The van der Waals surface area contributed by atoms with Gasteiger partial charge in [0.2, 0.25) is 5.91 Å². The van der Waals surface area contributed by atoms with E-state index in [-0.39, 0.29) is 17.8 Å². The van der Waals surface area contributed by atoms with Crippen LogP contribution in [0, 0.1) is 11.7 Å². The smallest absolute Gasteiger partial charge is 0.225 e. The monoisotopic (exact) mass is 417 g/mol. The quantitative estimate of drug-likeness (QED) is 0.552. The number of guanidine groups is 1. The summed E-state index contributed by atoms with van der Waals surface area (Å²) in [6.45, 7) is 4.71. The van der Waals surface area contributed by atoms with Gasteiger partial charge in [0, 0.05) is 45.7 Å². The predicted octanol–water partition coefficient (Wildman–Crippen LogP) is 3.13. The minimum atomic E-state index is -0.238. The topological polar surface area (TPSA) is 60.0 Å². The van der Waals surface area contributed by atoms with Crippen molar-refractivity contribution in [3.63, 3.8) is 0 Å². The predicted molar refractivity (Wildman–Crippen MR) is 120 cm³/mol. The molecular formula is C23H36FN5O. The van der Waals surface area contributed by atoms with Gasteiger partial charge in [0.15, 0.2) is 5.96 Å². The highest BCUT2D eigenvalue weighted by molar-refractivity contribution is 5.81. The molecule has 1 aromatic carbocycles. The number of hydrogen-bond donors (Lipinski definition) is 2. The van der Waals surface area contributed by atoms with Crippen LogP contribution in [0.2, 0.25) is 0 Å². The maximum atomic E-state index is 14.2. The molecule has 1 aliphatic heterocycles. The van der Waals surface area contributed by atoms with E-state index in [1.165, 1.54) is 19.3 Å². The number of carbonyl (C=O) groups is 1. The number of nitrogens with zero attached hydrogens (tertiary/aromatic N) is 3. The van der Waals surface area contributed by atoms with E-state index in [4.69, 9.17) is 0 Å². The Labute approximate surface area is 179 Å². The molecule has 2 N–H and O–H groups in total. The molecule has 166 valence electrons. The number of nitrogens with one attached hydrogen (secondary N) is 2. The van der Waals surface area contributed by atoms with Crippen molar-refractivity contribution in [1.29, 1.82) is 0 Å². The molecule has 30 heavy (non-hydrogen) atoms. The zero-order valence-electron chi connectivity index (χ0n) is 18.6. The fraction of sp³-hybridized carbons (Fsp3) is 0.652. The highest BCUT2D eigenvalue weighted by Gasteiger charge is 2.31. The van der Waals surface area contributed by atoms with Crippen molar-refractivity contribution in [3.8, 4) is 0 Å². The first-order valence-corrected chi connectivity index (χ1v) is 11.3. The standard InChI is InChI=1S/C23H36FN5O/c1-4-25-23(26-15-17-10-11-21(28(2)3)20(24)14-17)27-19-12-13-29(16-19)22(30)18-8-6-5-7-9-18/h10-11,14,18-19H,4-9,12-13,15-16H2,1-3H3,(H2,25,26,27). The number of likely N-dealkylation sites (tertiary alicyclic amines) is 1. The molecule has 6 nitrogen and oxygen atoms in total. The average Bonchev–Trinajstić information content (AvgIpc) is 3.20. The van der Waals surface area contributed by atoms with Gasteiger partial charge in [0.1, 0.15) is 5.82 Å². The molecule has 1 aromatic rings. The van der Waals surface area contributed by atoms with Gasteiger partial charge < -0.3 is 20.4 Å². The number of anilines is 1. The van der Waals surface area contributed by atoms with Gasteiger partial charge >= 0.3 is 0 Å². The Bertz CT molecular complexity index is 745. The van der Waals surface area contributed by atoms with Crippen molar-refractivity contribution < 1.29 is 9.18 Å². The summed E-state index contributed by atoms with van der Waals surface area (Å²) in [6, 6.07) is 5.43. The van der Waals surface area contributed by atoms with E-state index in [0.29, 0.717) is 24.1 Å². The van der Waals surface area contributed by atoms with Gasteiger partial charge in [-0.2, -0.15) is 0 Å². The van der Waals surface area contributed by atoms with Crippen LogP contribution in [0.4, 0.5) is 10.1 Å². The number of aliphatic imine (C=N–C) groups is 1. The summed E-state index contributed by atoms with van der Waals surface area (Å²) in [7, 11) is 3.65. The van der Waals surface area contributed by atoms with Gasteiger partial charge in [0.05, 0.1) is 12.2 Å². The molecule has 1 atom stereocenters. The van der Waals surface area contributed by atoms with Gasteiger partial charge in [-0.05, 0) is 43.9 Å². The summed E-state index contributed by atoms with van der Waals surface area (Å²) < 4.78 is 14.2. The molecule has 1 heterocycles. The number of amides is 1. The molecule has 2 fully saturated rings. The van der Waals surface area contributed by atoms with Crippen LogP contribution in [0.25, 0.3) is 0 Å². The van der Waals surface area contributed by atoms with Gasteiger partial charge in [-0.3, -0.25) is 4.79 Å². The summed E-state index contributed by atoms with van der Waals surface area (Å²) in [5.41, 5.74) is 1.40. The summed E-state index contributed by atoms with van der Waals surface area (Å²) in [5.74, 6) is 1.03. The fourth-order valence-electron chi connectivity index (χ4n) is 4.38. The van der Waals surface area contributed by atoms with Crippen LogP contribution in [-0.4, -0.2) is 56.5 Å². The van der Waals surface area contributed by atoms with E-state index >= 15 is 0 Å². The lowest BCUT2D eigenvalue weighted by Crippen LogP contribution is -2.45. The molecule has 1 saturated carbocycles. The Hall–Kier alpha value is -2.31. The molecule has 0 radical (unpaired) electrons. The van der Waals surface area contributed by atoms with Gasteiger partial charge in [-0.1, -0.05) is 25.3 Å². The second-order valence-electron chi connectivity index (χ2n) is 8.62. The van der Waals surface area contributed by atoms with Crippen molar-refractivity contribution in [2.75, 3.05) is 38.6 Å². The third-order valence-corrected chi connectivity index (χ3v) is 6.05. The number of carbonyl (C=O) groups excluding carboxylic acids is 1. The number of halogens is 1. The molecule has 1 unspecified atom stereocenters. The maximum Gasteiger partial charge on any atom is 0.225 e. The van der Waals surface area contributed by atoms with Crippen LogP contribution in [0.1, 0.15) is 51.0 Å². The van der Waals surface area contributed by atoms with Crippen molar-refractivity contribution in [3.05, 3.63) is 29.6 Å². The Morgan fingerprint density at radius 1 is 1.23 bits per heavy atom. The van der Waals surface area contributed by atoms with Crippen LogP contribution < -0.4 is 15.5 Å². The van der Waals surface area contributed by atoms with Crippen LogP contribution in [0.3, 0.4) is 0 Å². The first kappa shape index (κ1) is 22.4. The van der Waals surface area contributed by atoms with E-state index in [1.54, 1.807) is 17.0 Å². The molecule has 7 heteroatoms. The number of benzene rings is 1. The third kappa shape index (κ3) is 5.86. The van der Waals surface area contributed by atoms with Crippen molar-refractivity contribution in [2.45, 2.75) is 58.0 Å². The lowest BCUT2D eigenvalue weighted by Gasteiger charge is -2.26. The molecule has 1 saturated heterocycles. The largest absolute Gasteiger partial charge is 0.375 e. The average molecular weight is 418 g/mol. The summed E-state index contributed by atoms with van der Waals surface area (Å²) in [4.78, 5) is 21.2. The maximum absolute atomic E-state index is 14.2. The SMILES string of the molecule is CCNC(=NCc1ccc(N(C)C)c(F)c1)NC1CCN(C(=O)C2CCCCC2)C1. The van der Waals surface area contributed by atoms with Crippen molar-refractivity contribution >= 4 is 17.6 Å². The molecule has 0 bridgehead atoms. The van der Waals surface area contributed by atoms with Crippen LogP contribution >= 0.6 is 0 Å². The molecule has 0 aromatic heterocycles. The van der Waals surface area contributed by atoms with E-state index in [1.807, 2.05) is 32.0 Å². The highest BCUT2D eigenvalue weighted by Crippen LogP contribution is 2.26. The number of rotatable bonds is 6. The molecule has 1 aliphatic carbocycles. The van der Waals surface area contributed by atoms with Gasteiger partial charge in [-0.15, -0.1) is 0 Å². The Morgan fingerprint density at radius 3 is 2.67 bits per heavy atom. The first-order valence-electron chi connectivity index (χ1n) is 11.3. The molecule has 3 rings (SSSR count). The molecule has 2 aliphatic rings. The second-order valence-corrected chi connectivity index (χ2v) is 8.62. The van der Waals surface area contributed by atoms with E-state index in [9.17, 15) is 9.18 Å². The lowest BCUT2D eigenvalue weighted by atomic mass is 9.88. The lowest BCUT2D eigenvalue weighted by molar-refractivity contribution is -0.135. The van der Waals surface area contributed by atoms with Gasteiger partial charge in [-0.25, -0.2) is 9.38 Å². The number of hydrogen-bond acceptors (Lipinski definition) is 3. The summed E-state index contributed by atoms with van der Waals surface area (Å²) >= 11 is 0. The first-order chi connectivity index (χ1) is 14.5. The van der Waals surface area contributed by atoms with E-state index in [2.05, 4.69) is 15.6 Å². The minimum Gasteiger partial charge on any atom is -0.375 e. The van der Waals surface area contributed by atoms with Crippen molar-refractivity contribution in [1.82, 2.24) is 15.5 Å². The Kier molecular flexibility index (Phi) is 7.94. The fourth-order valence-corrected chi connectivity index (χ4v) is 4.38. The van der Waals surface area contributed by atoms with Crippen LogP contribution in [0.15, 0.2) is 23.2 Å². The highest BCUT2D eigenvalue weighted by atomic mass is 19.1. The Balaban J connectivity index is 1.56.